The van der Waals surface area contributed by atoms with E-state index in [9.17, 15) is 5.26 Å². The van der Waals surface area contributed by atoms with Crippen molar-refractivity contribution in [2.45, 2.75) is 20.4 Å². The monoisotopic (exact) mass is 253 g/mol. The third-order valence-electron chi connectivity index (χ3n) is 2.77. The molecule has 4 heteroatoms. The van der Waals surface area contributed by atoms with Gasteiger partial charge in [-0.25, -0.2) is 4.98 Å². The van der Waals surface area contributed by atoms with Gasteiger partial charge < -0.3 is 10.5 Å². The van der Waals surface area contributed by atoms with E-state index < -0.39 is 0 Å². The van der Waals surface area contributed by atoms with Gasteiger partial charge in [-0.15, -0.1) is 0 Å². The Morgan fingerprint density at radius 3 is 2.79 bits per heavy atom. The van der Waals surface area contributed by atoms with Crippen LogP contribution in [0.25, 0.3) is 0 Å². The third-order valence-corrected chi connectivity index (χ3v) is 2.77. The van der Waals surface area contributed by atoms with Gasteiger partial charge in [0.25, 0.3) is 0 Å². The molecule has 0 aliphatic carbocycles. The van der Waals surface area contributed by atoms with E-state index in [0.29, 0.717) is 23.7 Å². The first-order valence-corrected chi connectivity index (χ1v) is 5.99. The second-order valence-electron chi connectivity index (χ2n) is 4.33. The van der Waals surface area contributed by atoms with Crippen LogP contribution in [0, 0.1) is 25.2 Å². The van der Waals surface area contributed by atoms with Crippen molar-refractivity contribution in [3.05, 3.63) is 52.7 Å². The topological polar surface area (TPSA) is 71.9 Å². The van der Waals surface area contributed by atoms with Crippen LogP contribution in [0.2, 0.25) is 0 Å². The molecule has 4 nitrogen and oxygen atoms in total. The van der Waals surface area contributed by atoms with Gasteiger partial charge in [-0.3, -0.25) is 0 Å². The van der Waals surface area contributed by atoms with E-state index in [4.69, 9.17) is 10.5 Å². The Labute approximate surface area is 112 Å². The highest BCUT2D eigenvalue weighted by molar-refractivity contribution is 5.47. The summed E-state index contributed by atoms with van der Waals surface area (Å²) in [6, 6.07) is 11.4. The number of nitrogens with zero attached hydrogens (tertiary/aromatic N) is 2. The van der Waals surface area contributed by atoms with Crippen molar-refractivity contribution in [1.82, 2.24) is 4.98 Å². The van der Waals surface area contributed by atoms with Crippen molar-refractivity contribution in [2.24, 2.45) is 5.73 Å². The van der Waals surface area contributed by atoms with E-state index in [0.717, 1.165) is 16.8 Å². The molecule has 2 N–H and O–H groups in total. The van der Waals surface area contributed by atoms with Crippen LogP contribution >= 0.6 is 0 Å². The van der Waals surface area contributed by atoms with Crippen LogP contribution in [0.5, 0.6) is 11.6 Å². The molecule has 0 aliphatic rings. The minimum atomic E-state index is 0.342. The molecule has 2 aromatic rings. The fourth-order valence-electron chi connectivity index (χ4n) is 1.86. The van der Waals surface area contributed by atoms with Crippen LogP contribution in [0.3, 0.4) is 0 Å². The predicted octanol–water partition coefficient (Wildman–Crippen LogP) is 2.82. The number of aryl methyl sites for hydroxylation is 2. The zero-order valence-electron chi connectivity index (χ0n) is 11.0. The molecule has 0 saturated heterocycles. The van der Waals surface area contributed by atoms with Crippen molar-refractivity contribution >= 4 is 0 Å². The number of rotatable bonds is 3. The zero-order valence-corrected chi connectivity index (χ0v) is 11.0. The first kappa shape index (κ1) is 13.1. The van der Waals surface area contributed by atoms with E-state index >= 15 is 0 Å². The zero-order chi connectivity index (χ0) is 13.8. The maximum absolute atomic E-state index is 9.18. The largest absolute Gasteiger partial charge is 0.438 e. The van der Waals surface area contributed by atoms with Crippen LogP contribution in [-0.4, -0.2) is 4.98 Å². The van der Waals surface area contributed by atoms with Crippen molar-refractivity contribution in [2.75, 3.05) is 0 Å². The molecule has 0 atom stereocenters. The van der Waals surface area contributed by atoms with Crippen molar-refractivity contribution in [1.29, 1.82) is 5.26 Å². The molecule has 0 bridgehead atoms. The lowest BCUT2D eigenvalue weighted by molar-refractivity contribution is 0.459. The van der Waals surface area contributed by atoms with Crippen LogP contribution in [0.15, 0.2) is 30.3 Å². The summed E-state index contributed by atoms with van der Waals surface area (Å²) in [4.78, 5) is 4.28. The Bertz CT molecular complexity index is 644. The first-order valence-electron chi connectivity index (χ1n) is 5.99. The molecule has 1 aromatic carbocycles. The number of benzene rings is 1. The van der Waals surface area contributed by atoms with Gasteiger partial charge in [-0.1, -0.05) is 12.1 Å². The van der Waals surface area contributed by atoms with Crippen molar-refractivity contribution in [3.63, 3.8) is 0 Å². The third kappa shape index (κ3) is 2.90. The first-order chi connectivity index (χ1) is 9.13. The maximum Gasteiger partial charge on any atom is 0.237 e. The number of hydrogen-bond acceptors (Lipinski definition) is 4. The molecule has 0 aliphatic heterocycles. The van der Waals surface area contributed by atoms with E-state index in [1.807, 2.05) is 44.2 Å². The molecule has 1 aromatic heterocycles. The van der Waals surface area contributed by atoms with Crippen molar-refractivity contribution < 1.29 is 4.74 Å². The Morgan fingerprint density at radius 1 is 1.32 bits per heavy atom. The molecule has 0 saturated carbocycles. The number of pyridine rings is 1. The predicted molar refractivity (Wildman–Crippen MR) is 72.8 cm³/mol. The van der Waals surface area contributed by atoms with E-state index in [1.165, 1.54) is 0 Å². The summed E-state index contributed by atoms with van der Waals surface area (Å²) in [5.41, 5.74) is 8.71. The number of nitrogens with two attached hydrogens (primary N) is 1. The highest BCUT2D eigenvalue weighted by Crippen LogP contribution is 2.26. The van der Waals surface area contributed by atoms with Gasteiger partial charge in [-0.05, 0) is 43.2 Å². The summed E-state index contributed by atoms with van der Waals surface area (Å²) in [7, 11) is 0. The normalized spacial score (nSPS) is 10.0. The van der Waals surface area contributed by atoms with Gasteiger partial charge in [0.15, 0.2) is 0 Å². The Balaban J connectivity index is 2.40. The molecule has 2 rings (SSSR count). The van der Waals surface area contributed by atoms with Crippen LogP contribution in [0.1, 0.15) is 22.4 Å². The molecule has 19 heavy (non-hydrogen) atoms. The minimum absolute atomic E-state index is 0.342. The van der Waals surface area contributed by atoms with Gasteiger partial charge in [0, 0.05) is 12.2 Å². The molecule has 0 radical (unpaired) electrons. The number of nitriles is 1. The Hall–Kier alpha value is -2.38. The fourth-order valence-corrected chi connectivity index (χ4v) is 1.86. The standard InChI is InChI=1S/C15H15N3O/c1-10-6-11(2)18-15(14(10)9-17)19-13-5-3-4-12(7-13)8-16/h3-7H,8,16H2,1-2H3. The highest BCUT2D eigenvalue weighted by atomic mass is 16.5. The van der Waals surface area contributed by atoms with E-state index in [2.05, 4.69) is 11.1 Å². The lowest BCUT2D eigenvalue weighted by Crippen LogP contribution is -1.99. The average molecular weight is 253 g/mol. The number of hydrogen-bond donors (Lipinski definition) is 1. The van der Waals surface area contributed by atoms with Gasteiger partial charge >= 0.3 is 0 Å². The van der Waals surface area contributed by atoms with Crippen LogP contribution in [-0.2, 0) is 6.54 Å². The Morgan fingerprint density at radius 2 is 2.11 bits per heavy atom. The summed E-state index contributed by atoms with van der Waals surface area (Å²) in [6.45, 7) is 4.19. The van der Waals surface area contributed by atoms with Crippen LogP contribution in [0.4, 0.5) is 0 Å². The van der Waals surface area contributed by atoms with Crippen LogP contribution < -0.4 is 10.5 Å². The second kappa shape index (κ2) is 5.51. The fraction of sp³-hybridized carbons (Fsp3) is 0.200. The SMILES string of the molecule is Cc1cc(C)c(C#N)c(Oc2cccc(CN)c2)n1. The maximum atomic E-state index is 9.18. The smallest absolute Gasteiger partial charge is 0.237 e. The number of aromatic nitrogens is 1. The highest BCUT2D eigenvalue weighted by Gasteiger charge is 2.10. The molecule has 0 fully saturated rings. The molecule has 96 valence electrons. The molecular weight excluding hydrogens is 238 g/mol. The lowest BCUT2D eigenvalue weighted by Gasteiger charge is -2.10. The molecule has 0 unspecified atom stereocenters. The Kier molecular flexibility index (Phi) is 3.79. The van der Waals surface area contributed by atoms with Crippen molar-refractivity contribution in [3.8, 4) is 17.7 Å². The molecular formula is C15H15N3O. The quantitative estimate of drug-likeness (QED) is 0.912. The molecule has 1 heterocycles. The summed E-state index contributed by atoms with van der Waals surface area (Å²) in [6.07, 6.45) is 0. The molecule has 0 spiro atoms. The van der Waals surface area contributed by atoms with E-state index in [1.54, 1.807) is 0 Å². The van der Waals surface area contributed by atoms with Gasteiger partial charge in [0.2, 0.25) is 5.88 Å². The number of ether oxygens (including phenoxy) is 1. The van der Waals surface area contributed by atoms with Gasteiger partial charge in [0.1, 0.15) is 17.4 Å². The molecule has 0 amide bonds. The summed E-state index contributed by atoms with van der Waals surface area (Å²) in [5.74, 6) is 0.978. The summed E-state index contributed by atoms with van der Waals surface area (Å²) >= 11 is 0. The average Bonchev–Trinajstić information content (AvgIpc) is 2.38. The summed E-state index contributed by atoms with van der Waals surface area (Å²) < 4.78 is 5.72. The van der Waals surface area contributed by atoms with Gasteiger partial charge in [0.05, 0.1) is 0 Å². The minimum Gasteiger partial charge on any atom is -0.438 e. The van der Waals surface area contributed by atoms with E-state index in [-0.39, 0.29) is 0 Å². The van der Waals surface area contributed by atoms with Gasteiger partial charge in [-0.2, -0.15) is 5.26 Å². The lowest BCUT2D eigenvalue weighted by atomic mass is 10.1. The summed E-state index contributed by atoms with van der Waals surface area (Å²) in [5, 5.41) is 9.18. The second-order valence-corrected chi connectivity index (χ2v) is 4.33.